The van der Waals surface area contributed by atoms with Crippen molar-refractivity contribution in [3.05, 3.63) is 22.0 Å². The highest BCUT2D eigenvalue weighted by Gasteiger charge is 2.33. The molecule has 1 heterocycles. The molecule has 0 spiro atoms. The van der Waals surface area contributed by atoms with Gasteiger partial charge in [0.05, 0.1) is 10.6 Å². The van der Waals surface area contributed by atoms with Gasteiger partial charge in [-0.2, -0.15) is 0 Å². The van der Waals surface area contributed by atoms with Crippen molar-refractivity contribution in [3.8, 4) is 0 Å². The molecule has 1 unspecified atom stereocenters. The van der Waals surface area contributed by atoms with Gasteiger partial charge in [-0.05, 0) is 32.1 Å². The quantitative estimate of drug-likeness (QED) is 0.880. The van der Waals surface area contributed by atoms with Gasteiger partial charge < -0.3 is 10.3 Å². The van der Waals surface area contributed by atoms with Gasteiger partial charge in [-0.3, -0.25) is 4.79 Å². The number of carbonyl (C=O) groups excluding carboxylic acids is 1. The van der Waals surface area contributed by atoms with Crippen LogP contribution in [0, 0.1) is 6.92 Å². The van der Waals surface area contributed by atoms with E-state index in [1.165, 1.54) is 12.8 Å². The van der Waals surface area contributed by atoms with Crippen LogP contribution in [0.2, 0.25) is 5.02 Å². The molecule has 0 radical (unpaired) electrons. The first-order valence-corrected chi connectivity index (χ1v) is 6.56. The Kier molecular flexibility index (Phi) is 3.21. The number of amides is 1. The Labute approximate surface area is 107 Å². The van der Waals surface area contributed by atoms with Crippen LogP contribution in [0.5, 0.6) is 0 Å². The van der Waals surface area contributed by atoms with Crippen molar-refractivity contribution in [1.29, 1.82) is 0 Å². The van der Waals surface area contributed by atoms with Gasteiger partial charge in [-0.25, -0.2) is 0 Å². The minimum atomic E-state index is -0.420. The van der Waals surface area contributed by atoms with E-state index in [0.29, 0.717) is 22.5 Å². The molecule has 0 bridgehead atoms. The highest BCUT2D eigenvalue weighted by molar-refractivity contribution is 6.34. The first-order chi connectivity index (χ1) is 7.99. The summed E-state index contributed by atoms with van der Waals surface area (Å²) in [5.74, 6) is -0.0636. The first-order valence-electron chi connectivity index (χ1n) is 6.19. The summed E-state index contributed by atoms with van der Waals surface area (Å²) >= 11 is 6.35. The summed E-state index contributed by atoms with van der Waals surface area (Å²) in [6.07, 6.45) is 3.36. The molecule has 4 heteroatoms. The smallest absolute Gasteiger partial charge is 0.252 e. The summed E-state index contributed by atoms with van der Waals surface area (Å²) in [5, 5.41) is 0.566. The van der Waals surface area contributed by atoms with Gasteiger partial charge in [0.25, 0.3) is 5.91 Å². The number of nitrogens with zero attached hydrogens (tertiary/aromatic N) is 1. The Balaban J connectivity index is 2.62. The van der Waals surface area contributed by atoms with Crippen molar-refractivity contribution in [2.45, 2.75) is 52.0 Å². The number of primary amides is 1. The number of halogens is 1. The molecule has 1 aliphatic carbocycles. The molecular weight excluding hydrogens is 236 g/mol. The monoisotopic (exact) mass is 254 g/mol. The van der Waals surface area contributed by atoms with Crippen LogP contribution in [0.1, 0.15) is 66.8 Å². The lowest BCUT2D eigenvalue weighted by Crippen LogP contribution is -2.12. The fourth-order valence-electron chi connectivity index (χ4n) is 2.43. The van der Waals surface area contributed by atoms with E-state index in [2.05, 4.69) is 18.4 Å². The lowest BCUT2D eigenvalue weighted by atomic mass is 10.0. The second-order valence-corrected chi connectivity index (χ2v) is 5.31. The van der Waals surface area contributed by atoms with Crippen LogP contribution in [-0.2, 0) is 0 Å². The number of nitrogens with two attached hydrogens (primary N) is 1. The zero-order chi connectivity index (χ0) is 12.7. The Morgan fingerprint density at radius 1 is 1.59 bits per heavy atom. The Morgan fingerprint density at radius 2 is 2.18 bits per heavy atom. The standard InChI is InChI=1S/C13H19ClN2O/c1-4-7(2)12-11(14)10(13(15)17)8(3)16(12)9-5-6-9/h7,9H,4-6H2,1-3H3,(H2,15,17). The molecule has 94 valence electrons. The average molecular weight is 255 g/mol. The zero-order valence-electron chi connectivity index (χ0n) is 10.6. The molecule has 2 N–H and O–H groups in total. The minimum Gasteiger partial charge on any atom is -0.365 e. The van der Waals surface area contributed by atoms with E-state index in [4.69, 9.17) is 17.3 Å². The topological polar surface area (TPSA) is 48.0 Å². The summed E-state index contributed by atoms with van der Waals surface area (Å²) in [6.45, 7) is 6.21. The predicted octanol–water partition coefficient (Wildman–Crippen LogP) is 3.40. The van der Waals surface area contributed by atoms with Crippen molar-refractivity contribution in [1.82, 2.24) is 4.57 Å². The molecule has 1 saturated carbocycles. The lowest BCUT2D eigenvalue weighted by molar-refractivity contribution is 0.1000. The summed E-state index contributed by atoms with van der Waals surface area (Å²) in [6, 6.07) is 0.518. The van der Waals surface area contributed by atoms with Crippen molar-refractivity contribution < 1.29 is 4.79 Å². The maximum atomic E-state index is 11.5. The summed E-state index contributed by atoms with van der Waals surface area (Å²) in [7, 11) is 0. The van der Waals surface area contributed by atoms with Crippen LogP contribution in [0.15, 0.2) is 0 Å². The van der Waals surface area contributed by atoms with Gasteiger partial charge >= 0.3 is 0 Å². The third-order valence-electron chi connectivity index (χ3n) is 3.66. The van der Waals surface area contributed by atoms with Crippen LogP contribution in [0.4, 0.5) is 0 Å². The van der Waals surface area contributed by atoms with E-state index in [-0.39, 0.29) is 0 Å². The number of rotatable bonds is 4. The van der Waals surface area contributed by atoms with Crippen LogP contribution >= 0.6 is 11.6 Å². The van der Waals surface area contributed by atoms with Crippen LogP contribution in [0.25, 0.3) is 0 Å². The largest absolute Gasteiger partial charge is 0.365 e. The van der Waals surface area contributed by atoms with E-state index < -0.39 is 5.91 Å². The molecular formula is C13H19ClN2O. The molecule has 1 fully saturated rings. The number of hydrogen-bond acceptors (Lipinski definition) is 1. The van der Waals surface area contributed by atoms with Gasteiger partial charge in [0.15, 0.2) is 0 Å². The molecule has 1 atom stereocenters. The average Bonchev–Trinajstić information content (AvgIpc) is 3.04. The maximum absolute atomic E-state index is 11.5. The van der Waals surface area contributed by atoms with Crippen molar-refractivity contribution in [2.24, 2.45) is 5.73 Å². The Morgan fingerprint density at radius 3 is 2.59 bits per heavy atom. The van der Waals surface area contributed by atoms with Crippen LogP contribution in [-0.4, -0.2) is 10.5 Å². The molecule has 1 amide bonds. The van der Waals surface area contributed by atoms with E-state index in [9.17, 15) is 4.79 Å². The van der Waals surface area contributed by atoms with E-state index in [0.717, 1.165) is 17.8 Å². The summed E-state index contributed by atoms with van der Waals surface area (Å²) in [5.41, 5.74) is 7.95. The molecule has 0 aliphatic heterocycles. The molecule has 0 saturated heterocycles. The molecule has 1 aliphatic rings. The zero-order valence-corrected chi connectivity index (χ0v) is 11.3. The van der Waals surface area contributed by atoms with E-state index in [1.807, 2.05) is 6.92 Å². The van der Waals surface area contributed by atoms with Crippen LogP contribution in [0.3, 0.4) is 0 Å². The van der Waals surface area contributed by atoms with Gasteiger partial charge in [0.1, 0.15) is 0 Å². The molecule has 2 rings (SSSR count). The highest BCUT2D eigenvalue weighted by Crippen LogP contribution is 2.44. The van der Waals surface area contributed by atoms with Gasteiger partial charge in [-0.15, -0.1) is 0 Å². The fourth-order valence-corrected chi connectivity index (χ4v) is 2.94. The Hall–Kier alpha value is -0.960. The van der Waals surface area contributed by atoms with E-state index in [1.54, 1.807) is 0 Å². The molecule has 0 aromatic carbocycles. The van der Waals surface area contributed by atoms with Crippen molar-refractivity contribution >= 4 is 17.5 Å². The SMILES string of the molecule is CCC(C)c1c(Cl)c(C(N)=O)c(C)n1C1CC1. The Bertz CT molecular complexity index is 460. The van der Waals surface area contributed by atoms with Crippen molar-refractivity contribution in [2.75, 3.05) is 0 Å². The molecule has 17 heavy (non-hydrogen) atoms. The highest BCUT2D eigenvalue weighted by atomic mass is 35.5. The number of hydrogen-bond donors (Lipinski definition) is 1. The summed E-state index contributed by atoms with van der Waals surface area (Å²) in [4.78, 5) is 11.5. The third-order valence-corrected chi connectivity index (χ3v) is 4.05. The molecule has 1 aromatic rings. The maximum Gasteiger partial charge on any atom is 0.252 e. The van der Waals surface area contributed by atoms with E-state index >= 15 is 0 Å². The van der Waals surface area contributed by atoms with Gasteiger partial charge in [0.2, 0.25) is 0 Å². The summed E-state index contributed by atoms with van der Waals surface area (Å²) < 4.78 is 2.23. The first kappa shape index (κ1) is 12.5. The van der Waals surface area contributed by atoms with Crippen LogP contribution < -0.4 is 5.73 Å². The molecule has 3 nitrogen and oxygen atoms in total. The third kappa shape index (κ3) is 1.97. The molecule has 1 aromatic heterocycles. The fraction of sp³-hybridized carbons (Fsp3) is 0.615. The normalized spacial score (nSPS) is 17.2. The predicted molar refractivity (Wildman–Crippen MR) is 69.7 cm³/mol. The number of aromatic nitrogens is 1. The number of carbonyl (C=O) groups is 1. The lowest BCUT2D eigenvalue weighted by Gasteiger charge is -2.15. The van der Waals surface area contributed by atoms with Gasteiger partial charge in [0, 0.05) is 17.4 Å². The minimum absolute atomic E-state index is 0.356. The second-order valence-electron chi connectivity index (χ2n) is 4.93. The second kappa shape index (κ2) is 4.37. The van der Waals surface area contributed by atoms with Crippen molar-refractivity contribution in [3.63, 3.8) is 0 Å². The van der Waals surface area contributed by atoms with Gasteiger partial charge in [-0.1, -0.05) is 25.4 Å².